The van der Waals surface area contributed by atoms with Gasteiger partial charge in [-0.1, -0.05) is 42.5 Å². The third-order valence-electron chi connectivity index (χ3n) is 4.53. The molecule has 2 N–H and O–H groups in total. The number of aliphatic hydroxyl groups is 1. The minimum Gasteiger partial charge on any atom is -0.394 e. The number of amides is 1. The number of nitrogens with zero attached hydrogens (tertiary/aromatic N) is 1. The first-order valence-corrected chi connectivity index (χ1v) is 10.2. The Labute approximate surface area is 158 Å². The lowest BCUT2D eigenvalue weighted by atomic mass is 10.00. The number of ether oxygens (including phenoxy) is 1. The molecule has 27 heavy (non-hydrogen) atoms. The highest BCUT2D eigenvalue weighted by atomic mass is 32.2. The second-order valence-corrected chi connectivity index (χ2v) is 8.18. The summed E-state index contributed by atoms with van der Waals surface area (Å²) in [6, 6.07) is 15.2. The molecule has 7 nitrogen and oxygen atoms in total. The van der Waals surface area contributed by atoms with E-state index in [1.165, 1.54) is 4.90 Å². The van der Waals surface area contributed by atoms with Crippen LogP contribution in [0, 0.1) is 0 Å². The third-order valence-corrected chi connectivity index (χ3v) is 5.79. The zero-order valence-corrected chi connectivity index (χ0v) is 15.7. The molecule has 0 bridgehead atoms. The van der Waals surface area contributed by atoms with Gasteiger partial charge in [0.05, 0.1) is 18.4 Å². The average Bonchev–Trinajstić information content (AvgIpc) is 2.64. The summed E-state index contributed by atoms with van der Waals surface area (Å²) in [5.74, 6) is -0.295. The van der Waals surface area contributed by atoms with Crippen molar-refractivity contribution in [2.24, 2.45) is 0 Å². The van der Waals surface area contributed by atoms with Crippen molar-refractivity contribution in [3.63, 3.8) is 0 Å². The highest BCUT2D eigenvalue weighted by molar-refractivity contribution is 7.91. The maximum absolute atomic E-state index is 12.3. The Balaban J connectivity index is 1.71. The van der Waals surface area contributed by atoms with Crippen LogP contribution in [0.3, 0.4) is 0 Å². The second kappa shape index (κ2) is 8.08. The molecule has 1 aliphatic heterocycles. The summed E-state index contributed by atoms with van der Waals surface area (Å²) in [5.41, 5.74) is 1.91. The predicted octanol–water partition coefficient (Wildman–Crippen LogP) is 1.52. The van der Waals surface area contributed by atoms with Crippen molar-refractivity contribution >= 4 is 21.6 Å². The Morgan fingerprint density at radius 3 is 2.44 bits per heavy atom. The van der Waals surface area contributed by atoms with E-state index >= 15 is 0 Å². The number of hydrogen-bond donors (Lipinski definition) is 2. The van der Waals surface area contributed by atoms with Gasteiger partial charge in [0, 0.05) is 12.7 Å². The van der Waals surface area contributed by atoms with E-state index in [1.807, 2.05) is 6.07 Å². The minimum absolute atomic E-state index is 0.0525. The van der Waals surface area contributed by atoms with Crippen molar-refractivity contribution in [2.75, 3.05) is 25.0 Å². The second-order valence-electron chi connectivity index (χ2n) is 6.45. The summed E-state index contributed by atoms with van der Waals surface area (Å²) >= 11 is 0. The number of sulfonamides is 1. The van der Waals surface area contributed by atoms with Crippen molar-refractivity contribution in [1.82, 2.24) is 4.90 Å². The smallest absolute Gasteiger partial charge is 0.248 e. The van der Waals surface area contributed by atoms with Gasteiger partial charge < -0.3 is 14.7 Å². The fourth-order valence-corrected chi connectivity index (χ4v) is 4.25. The van der Waals surface area contributed by atoms with Crippen molar-refractivity contribution < 1.29 is 23.1 Å². The lowest BCUT2D eigenvalue weighted by molar-refractivity contribution is -0.157. The van der Waals surface area contributed by atoms with Gasteiger partial charge in [-0.25, -0.2) is 8.42 Å². The summed E-state index contributed by atoms with van der Waals surface area (Å²) in [6.45, 7) is -0.276. The zero-order chi connectivity index (χ0) is 19.4. The van der Waals surface area contributed by atoms with Crippen LogP contribution in [0.25, 0.3) is 0 Å². The Morgan fingerprint density at radius 1 is 1.15 bits per heavy atom. The highest BCUT2D eigenvalue weighted by Crippen LogP contribution is 2.29. The van der Waals surface area contributed by atoms with Crippen molar-refractivity contribution in [3.05, 3.63) is 65.7 Å². The number of morpholine rings is 1. The predicted molar refractivity (Wildman–Crippen MR) is 101 cm³/mol. The van der Waals surface area contributed by atoms with Crippen LogP contribution in [0.4, 0.5) is 5.69 Å². The van der Waals surface area contributed by atoms with Gasteiger partial charge in [0.2, 0.25) is 15.9 Å². The molecule has 144 valence electrons. The SMILES string of the molecule is CN1C(=O)COC(c2ccc(NS(=O)(=O)Cc3ccccc3)cc2)C1CO. The maximum Gasteiger partial charge on any atom is 0.248 e. The van der Waals surface area contributed by atoms with E-state index in [4.69, 9.17) is 4.74 Å². The van der Waals surface area contributed by atoms with Gasteiger partial charge >= 0.3 is 0 Å². The van der Waals surface area contributed by atoms with Gasteiger partial charge in [-0.3, -0.25) is 9.52 Å². The molecular weight excluding hydrogens is 368 g/mol. The van der Waals surface area contributed by atoms with Crippen LogP contribution in [-0.2, 0) is 25.3 Å². The molecule has 0 radical (unpaired) electrons. The Hall–Kier alpha value is -2.42. The molecule has 2 unspecified atom stereocenters. The molecule has 1 fully saturated rings. The maximum atomic E-state index is 12.3. The number of aliphatic hydroxyl groups excluding tert-OH is 1. The summed E-state index contributed by atoms with van der Waals surface area (Å²) < 4.78 is 32.8. The molecule has 0 aromatic heterocycles. The lowest BCUT2D eigenvalue weighted by Crippen LogP contribution is -2.50. The molecule has 1 heterocycles. The number of hydrogen-bond acceptors (Lipinski definition) is 5. The molecule has 2 aromatic rings. The lowest BCUT2D eigenvalue weighted by Gasteiger charge is -2.38. The first-order valence-electron chi connectivity index (χ1n) is 8.52. The molecule has 3 rings (SSSR count). The monoisotopic (exact) mass is 390 g/mol. The Kier molecular flexibility index (Phi) is 5.79. The molecule has 0 spiro atoms. The summed E-state index contributed by atoms with van der Waals surface area (Å²) in [7, 11) is -1.90. The molecule has 0 aliphatic carbocycles. The molecule has 0 saturated carbocycles. The van der Waals surface area contributed by atoms with E-state index in [2.05, 4.69) is 4.72 Å². The van der Waals surface area contributed by atoms with E-state index in [1.54, 1.807) is 55.6 Å². The molecule has 2 atom stereocenters. The molecule has 1 aliphatic rings. The number of likely N-dealkylation sites (N-methyl/N-ethyl adjacent to an activating group) is 1. The Bertz CT molecular complexity index is 884. The topological polar surface area (TPSA) is 95.9 Å². The van der Waals surface area contributed by atoms with Crippen LogP contribution >= 0.6 is 0 Å². The van der Waals surface area contributed by atoms with Crippen molar-refractivity contribution in [1.29, 1.82) is 0 Å². The van der Waals surface area contributed by atoms with Crippen molar-refractivity contribution in [3.8, 4) is 0 Å². The van der Waals surface area contributed by atoms with Crippen LogP contribution < -0.4 is 4.72 Å². The van der Waals surface area contributed by atoms with E-state index in [-0.39, 0.29) is 24.9 Å². The molecule has 2 aromatic carbocycles. The summed E-state index contributed by atoms with van der Waals surface area (Å²) in [6.07, 6.45) is -0.465. The van der Waals surface area contributed by atoms with Crippen LogP contribution in [0.2, 0.25) is 0 Å². The number of anilines is 1. The van der Waals surface area contributed by atoms with Gasteiger partial charge in [-0.2, -0.15) is 0 Å². The van der Waals surface area contributed by atoms with E-state index in [9.17, 15) is 18.3 Å². The fraction of sp³-hybridized carbons (Fsp3) is 0.316. The third kappa shape index (κ3) is 4.65. The standard InChI is InChI=1S/C19H22N2O5S/c1-21-17(11-22)19(26-12-18(21)23)15-7-9-16(10-8-15)20-27(24,25)13-14-5-3-2-4-6-14/h2-10,17,19-20,22H,11-13H2,1H3. The fourth-order valence-electron chi connectivity index (χ4n) is 3.05. The van der Waals surface area contributed by atoms with E-state index in [0.29, 0.717) is 11.3 Å². The van der Waals surface area contributed by atoms with Gasteiger partial charge in [-0.05, 0) is 23.3 Å². The quantitative estimate of drug-likeness (QED) is 0.780. The number of carbonyl (C=O) groups is 1. The number of carbonyl (C=O) groups excluding carboxylic acids is 1. The first kappa shape index (κ1) is 19.3. The van der Waals surface area contributed by atoms with Gasteiger partial charge in [-0.15, -0.1) is 0 Å². The van der Waals surface area contributed by atoms with Gasteiger partial charge in [0.1, 0.15) is 12.7 Å². The molecule has 1 saturated heterocycles. The molecule has 8 heteroatoms. The van der Waals surface area contributed by atoms with Gasteiger partial charge in [0.15, 0.2) is 0 Å². The number of benzene rings is 2. The van der Waals surface area contributed by atoms with Crippen LogP contribution in [0.5, 0.6) is 0 Å². The molecule has 1 amide bonds. The van der Waals surface area contributed by atoms with Crippen LogP contribution in [0.1, 0.15) is 17.2 Å². The summed E-state index contributed by atoms with van der Waals surface area (Å²) in [5, 5.41) is 9.59. The summed E-state index contributed by atoms with van der Waals surface area (Å²) in [4.78, 5) is 13.2. The van der Waals surface area contributed by atoms with E-state index < -0.39 is 22.2 Å². The number of nitrogens with one attached hydrogen (secondary N) is 1. The Morgan fingerprint density at radius 2 is 1.81 bits per heavy atom. The van der Waals surface area contributed by atoms with Gasteiger partial charge in [0.25, 0.3) is 0 Å². The largest absolute Gasteiger partial charge is 0.394 e. The van der Waals surface area contributed by atoms with Crippen molar-refractivity contribution in [2.45, 2.75) is 17.9 Å². The van der Waals surface area contributed by atoms with Crippen LogP contribution in [-0.4, -0.2) is 50.6 Å². The average molecular weight is 390 g/mol. The number of rotatable bonds is 6. The molecular formula is C19H22N2O5S. The minimum atomic E-state index is -3.53. The highest BCUT2D eigenvalue weighted by Gasteiger charge is 2.34. The normalized spacial score (nSPS) is 20.5. The zero-order valence-electron chi connectivity index (χ0n) is 14.9. The first-order chi connectivity index (χ1) is 12.9. The van der Waals surface area contributed by atoms with Crippen LogP contribution in [0.15, 0.2) is 54.6 Å². The van der Waals surface area contributed by atoms with E-state index in [0.717, 1.165) is 5.56 Å².